The zero-order valence-electron chi connectivity index (χ0n) is 13.8. The van der Waals surface area contributed by atoms with E-state index < -0.39 is 0 Å². The van der Waals surface area contributed by atoms with Gasteiger partial charge in [0.25, 0.3) is 5.91 Å². The Bertz CT molecular complexity index is 848. The minimum atomic E-state index is -0.308. The van der Waals surface area contributed by atoms with Crippen LogP contribution in [0.25, 0.3) is 11.5 Å². The smallest absolute Gasteiger partial charge is 0.277 e. The van der Waals surface area contributed by atoms with Gasteiger partial charge in [0.05, 0.1) is 6.26 Å². The number of piperidine rings is 1. The van der Waals surface area contributed by atoms with Crippen LogP contribution < -0.4 is 10.2 Å². The molecule has 1 fully saturated rings. The van der Waals surface area contributed by atoms with Crippen LogP contribution in [-0.4, -0.2) is 24.2 Å². The van der Waals surface area contributed by atoms with Gasteiger partial charge in [0.2, 0.25) is 5.76 Å². The lowest BCUT2D eigenvalue weighted by Crippen LogP contribution is -2.29. The van der Waals surface area contributed by atoms with E-state index in [9.17, 15) is 4.79 Å². The molecule has 6 nitrogen and oxygen atoms in total. The third-order valence-electron chi connectivity index (χ3n) is 4.33. The van der Waals surface area contributed by atoms with Gasteiger partial charge in [-0.1, -0.05) is 11.2 Å². The molecule has 1 saturated heterocycles. The van der Waals surface area contributed by atoms with Gasteiger partial charge in [0, 0.05) is 30.5 Å². The minimum absolute atomic E-state index is 0.217. The maximum absolute atomic E-state index is 12.4. The summed E-state index contributed by atoms with van der Waals surface area (Å²) in [7, 11) is 0. The van der Waals surface area contributed by atoms with Crippen molar-refractivity contribution in [1.29, 1.82) is 0 Å². The van der Waals surface area contributed by atoms with Crippen LogP contribution in [0.15, 0.2) is 57.7 Å². The van der Waals surface area contributed by atoms with Crippen molar-refractivity contribution in [3.63, 3.8) is 0 Å². The highest BCUT2D eigenvalue weighted by atomic mass is 16.5. The Morgan fingerprint density at radius 1 is 1.04 bits per heavy atom. The van der Waals surface area contributed by atoms with E-state index in [-0.39, 0.29) is 11.6 Å². The molecule has 4 rings (SSSR count). The molecule has 0 radical (unpaired) electrons. The molecule has 1 aromatic carbocycles. The van der Waals surface area contributed by atoms with Crippen molar-refractivity contribution in [2.45, 2.75) is 19.3 Å². The summed E-state index contributed by atoms with van der Waals surface area (Å²) in [6, 6.07) is 13.0. The molecular formula is C19H19N3O3. The van der Waals surface area contributed by atoms with E-state index in [1.807, 2.05) is 18.2 Å². The summed E-state index contributed by atoms with van der Waals surface area (Å²) < 4.78 is 10.4. The zero-order valence-corrected chi connectivity index (χ0v) is 13.8. The standard InChI is InChI=1S/C19H19N3O3/c23-19(16-13-18(25-21-16)17-8-5-11-24-17)20-14-6-4-7-15(12-14)22-9-2-1-3-10-22/h4-8,11-13H,1-3,9-10H2,(H,20,23). The van der Waals surface area contributed by atoms with Crippen LogP contribution in [0.1, 0.15) is 29.8 Å². The summed E-state index contributed by atoms with van der Waals surface area (Å²) in [6.45, 7) is 2.13. The SMILES string of the molecule is O=C(Nc1cccc(N2CCCCC2)c1)c1cc(-c2ccco2)on1. The van der Waals surface area contributed by atoms with E-state index >= 15 is 0 Å². The number of nitrogens with zero attached hydrogens (tertiary/aromatic N) is 2. The van der Waals surface area contributed by atoms with Crippen molar-refractivity contribution in [3.8, 4) is 11.5 Å². The molecular weight excluding hydrogens is 318 g/mol. The third-order valence-corrected chi connectivity index (χ3v) is 4.33. The van der Waals surface area contributed by atoms with Crippen LogP contribution in [0.5, 0.6) is 0 Å². The Morgan fingerprint density at radius 2 is 1.92 bits per heavy atom. The molecule has 0 atom stereocenters. The third kappa shape index (κ3) is 3.42. The summed E-state index contributed by atoms with van der Waals surface area (Å²) in [4.78, 5) is 14.8. The molecule has 2 aromatic heterocycles. The molecule has 3 aromatic rings. The van der Waals surface area contributed by atoms with Crippen LogP contribution in [0.3, 0.4) is 0 Å². The summed E-state index contributed by atoms with van der Waals surface area (Å²) in [6.07, 6.45) is 5.26. The van der Waals surface area contributed by atoms with E-state index in [2.05, 4.69) is 21.4 Å². The van der Waals surface area contributed by atoms with Crippen LogP contribution in [-0.2, 0) is 0 Å². The molecule has 1 aliphatic heterocycles. The number of aromatic nitrogens is 1. The first kappa shape index (κ1) is 15.5. The Balaban J connectivity index is 1.47. The van der Waals surface area contributed by atoms with Gasteiger partial charge in [0.15, 0.2) is 11.5 Å². The highest BCUT2D eigenvalue weighted by molar-refractivity contribution is 6.03. The summed E-state index contributed by atoms with van der Waals surface area (Å²) in [5.74, 6) is 0.660. The number of carbonyl (C=O) groups excluding carboxylic acids is 1. The number of furan rings is 1. The van der Waals surface area contributed by atoms with Crippen molar-refractivity contribution >= 4 is 17.3 Å². The number of amides is 1. The first-order valence-corrected chi connectivity index (χ1v) is 8.46. The van der Waals surface area contributed by atoms with Gasteiger partial charge in [-0.05, 0) is 49.6 Å². The number of anilines is 2. The predicted octanol–water partition coefficient (Wildman–Crippen LogP) is 4.18. The second kappa shape index (κ2) is 6.84. The molecule has 1 N–H and O–H groups in total. The van der Waals surface area contributed by atoms with Gasteiger partial charge in [-0.15, -0.1) is 0 Å². The molecule has 0 spiro atoms. The zero-order chi connectivity index (χ0) is 17.1. The van der Waals surface area contributed by atoms with Gasteiger partial charge in [-0.2, -0.15) is 0 Å². The average Bonchev–Trinajstić information content (AvgIpc) is 3.34. The summed E-state index contributed by atoms with van der Waals surface area (Å²) in [5.41, 5.74) is 2.10. The first-order chi connectivity index (χ1) is 12.3. The van der Waals surface area contributed by atoms with Crippen molar-refractivity contribution in [2.75, 3.05) is 23.3 Å². The Hall–Kier alpha value is -3.02. The normalized spacial score (nSPS) is 14.5. The molecule has 1 amide bonds. The van der Waals surface area contributed by atoms with Crippen molar-refractivity contribution in [3.05, 3.63) is 54.4 Å². The largest absolute Gasteiger partial charge is 0.461 e. The van der Waals surface area contributed by atoms with Gasteiger partial charge < -0.3 is 19.2 Å². The lowest BCUT2D eigenvalue weighted by molar-refractivity contribution is 0.101. The molecule has 3 heterocycles. The van der Waals surface area contributed by atoms with Gasteiger partial charge in [0.1, 0.15) is 0 Å². The molecule has 0 saturated carbocycles. The predicted molar refractivity (Wildman–Crippen MR) is 94.7 cm³/mol. The van der Waals surface area contributed by atoms with Crippen molar-refractivity contribution in [1.82, 2.24) is 5.16 Å². The number of hydrogen-bond acceptors (Lipinski definition) is 5. The van der Waals surface area contributed by atoms with Crippen molar-refractivity contribution in [2.24, 2.45) is 0 Å². The molecule has 0 aliphatic carbocycles. The molecule has 1 aliphatic rings. The second-order valence-corrected chi connectivity index (χ2v) is 6.11. The molecule has 0 unspecified atom stereocenters. The fourth-order valence-electron chi connectivity index (χ4n) is 3.04. The maximum atomic E-state index is 12.4. The van der Waals surface area contributed by atoms with E-state index in [1.165, 1.54) is 19.3 Å². The van der Waals surface area contributed by atoms with E-state index in [1.54, 1.807) is 24.5 Å². The van der Waals surface area contributed by atoms with E-state index in [0.717, 1.165) is 24.5 Å². The summed E-state index contributed by atoms with van der Waals surface area (Å²) in [5, 5.41) is 6.70. The molecule has 128 valence electrons. The van der Waals surface area contributed by atoms with E-state index in [4.69, 9.17) is 8.94 Å². The first-order valence-electron chi connectivity index (χ1n) is 8.46. The fourth-order valence-corrected chi connectivity index (χ4v) is 3.04. The van der Waals surface area contributed by atoms with Crippen LogP contribution in [0, 0.1) is 0 Å². The fraction of sp³-hybridized carbons (Fsp3) is 0.263. The quantitative estimate of drug-likeness (QED) is 0.773. The lowest BCUT2D eigenvalue weighted by Gasteiger charge is -2.29. The van der Waals surface area contributed by atoms with Gasteiger partial charge in [-0.3, -0.25) is 4.79 Å². The van der Waals surface area contributed by atoms with Gasteiger partial charge in [-0.25, -0.2) is 0 Å². The molecule has 6 heteroatoms. The minimum Gasteiger partial charge on any atom is -0.461 e. The molecule has 25 heavy (non-hydrogen) atoms. The number of nitrogens with one attached hydrogen (secondary N) is 1. The number of carbonyl (C=O) groups is 1. The van der Waals surface area contributed by atoms with Crippen molar-refractivity contribution < 1.29 is 13.7 Å². The highest BCUT2D eigenvalue weighted by Gasteiger charge is 2.16. The Morgan fingerprint density at radius 3 is 2.72 bits per heavy atom. The Kier molecular flexibility index (Phi) is 4.24. The lowest BCUT2D eigenvalue weighted by atomic mass is 10.1. The maximum Gasteiger partial charge on any atom is 0.277 e. The van der Waals surface area contributed by atoms with Gasteiger partial charge >= 0.3 is 0 Å². The van der Waals surface area contributed by atoms with E-state index in [0.29, 0.717) is 11.5 Å². The second-order valence-electron chi connectivity index (χ2n) is 6.11. The average molecular weight is 337 g/mol. The number of benzene rings is 1. The number of rotatable bonds is 4. The number of hydrogen-bond donors (Lipinski definition) is 1. The topological polar surface area (TPSA) is 71.5 Å². The Labute approximate surface area is 145 Å². The molecule has 0 bridgehead atoms. The van der Waals surface area contributed by atoms with Crippen LogP contribution in [0.4, 0.5) is 11.4 Å². The summed E-state index contributed by atoms with van der Waals surface area (Å²) >= 11 is 0. The van der Waals surface area contributed by atoms with Crippen LogP contribution in [0.2, 0.25) is 0 Å². The monoisotopic (exact) mass is 337 g/mol. The van der Waals surface area contributed by atoms with Crippen LogP contribution >= 0.6 is 0 Å². The highest BCUT2D eigenvalue weighted by Crippen LogP contribution is 2.24.